The monoisotopic (exact) mass is 806 g/mol. The second-order valence-electron chi connectivity index (χ2n) is 17.4. The molecule has 2 saturated heterocycles. The number of rotatable bonds is 30. The number of amides is 1. The highest BCUT2D eigenvalue weighted by molar-refractivity contribution is 5.77. The highest BCUT2D eigenvalue weighted by Crippen LogP contribution is 2.36. The second kappa shape index (κ2) is 28.6. The summed E-state index contributed by atoms with van der Waals surface area (Å²) in [4.78, 5) is 27.7. The summed E-state index contributed by atoms with van der Waals surface area (Å²) in [6, 6.07) is 18.9. The molecule has 8 heteroatoms. The molecule has 0 saturated carbocycles. The van der Waals surface area contributed by atoms with E-state index in [-0.39, 0.29) is 36.9 Å². The highest BCUT2D eigenvalue weighted by atomic mass is 16.8. The van der Waals surface area contributed by atoms with E-state index in [1.54, 1.807) is 0 Å². The third kappa shape index (κ3) is 18.2. The van der Waals surface area contributed by atoms with Crippen molar-refractivity contribution < 1.29 is 33.3 Å². The van der Waals surface area contributed by atoms with Gasteiger partial charge in [0.15, 0.2) is 18.7 Å². The van der Waals surface area contributed by atoms with Crippen molar-refractivity contribution in [3.63, 3.8) is 0 Å². The average molecular weight is 806 g/mol. The van der Waals surface area contributed by atoms with Gasteiger partial charge in [-0.3, -0.25) is 9.59 Å². The number of carbonyl (C=O) groups is 2. The second-order valence-corrected chi connectivity index (χ2v) is 17.4. The van der Waals surface area contributed by atoms with E-state index in [4.69, 9.17) is 23.7 Å². The summed E-state index contributed by atoms with van der Waals surface area (Å²) < 4.78 is 32.3. The fraction of sp³-hybridized carbons (Fsp3) is 0.720. The van der Waals surface area contributed by atoms with E-state index in [1.807, 2.05) is 60.7 Å². The molecule has 0 radical (unpaired) electrons. The van der Waals surface area contributed by atoms with Gasteiger partial charge in [0, 0.05) is 18.4 Å². The first-order valence-electron chi connectivity index (χ1n) is 23.5. The molecule has 1 N–H and O–H groups in total. The molecule has 2 fully saturated rings. The molecule has 3 unspecified atom stereocenters. The van der Waals surface area contributed by atoms with Crippen LogP contribution in [0.5, 0.6) is 0 Å². The standard InChI is InChI=1S/C50H79NO7/c1-5-7-9-11-13-15-17-19-23-29-39(3)35-44(52)51-46-48(57-45(53)36-40(4)30-24-20-18-16-14-12-10-8-6-2)47-43(38-55-49(58-47)42-33-27-22-28-34-42)56-50(46)54-37-41-31-25-21-26-32-41/h21-22,25-28,31-34,39-40,43,46-50H,5-20,23-24,29-30,35-38H2,1-4H3,(H,51,52)/t39-,40-,43?,46?,47-,48-,49?,50+/m1/s1. The van der Waals surface area contributed by atoms with Crippen LogP contribution in [0.1, 0.15) is 186 Å². The molecule has 0 spiro atoms. The summed E-state index contributed by atoms with van der Waals surface area (Å²) in [6.07, 6.45) is 22.0. The predicted octanol–water partition coefficient (Wildman–Crippen LogP) is 12.3. The molecule has 8 nitrogen and oxygen atoms in total. The van der Waals surface area contributed by atoms with Gasteiger partial charge in [-0.1, -0.05) is 217 Å². The van der Waals surface area contributed by atoms with Gasteiger partial charge < -0.3 is 29.0 Å². The topological polar surface area (TPSA) is 92.3 Å². The number of fused-ring (bicyclic) bond motifs is 1. The number of unbranched alkanes of at least 4 members (excludes halogenated alkanes) is 16. The molecule has 0 bridgehead atoms. The van der Waals surface area contributed by atoms with Crippen molar-refractivity contribution >= 4 is 11.9 Å². The number of ether oxygens (including phenoxy) is 5. The minimum absolute atomic E-state index is 0.102. The van der Waals surface area contributed by atoms with Crippen molar-refractivity contribution in [2.45, 2.75) is 212 Å². The van der Waals surface area contributed by atoms with Crippen LogP contribution in [0.2, 0.25) is 0 Å². The zero-order chi connectivity index (χ0) is 41.2. The normalized spacial score (nSPS) is 22.8. The highest BCUT2D eigenvalue weighted by Gasteiger charge is 2.53. The molecule has 58 heavy (non-hydrogen) atoms. The molecule has 0 aliphatic carbocycles. The Kier molecular flexibility index (Phi) is 23.7. The predicted molar refractivity (Wildman–Crippen MR) is 233 cm³/mol. The number of hydrogen-bond acceptors (Lipinski definition) is 7. The fourth-order valence-electron chi connectivity index (χ4n) is 8.40. The first-order chi connectivity index (χ1) is 28.4. The molecule has 1 amide bonds. The van der Waals surface area contributed by atoms with Crippen LogP contribution in [-0.4, -0.2) is 49.1 Å². The number of hydrogen-bond donors (Lipinski definition) is 1. The minimum atomic E-state index is -0.879. The largest absolute Gasteiger partial charge is 0.457 e. The summed E-state index contributed by atoms with van der Waals surface area (Å²) in [7, 11) is 0. The van der Waals surface area contributed by atoms with Gasteiger partial charge in [-0.25, -0.2) is 0 Å². The van der Waals surface area contributed by atoms with Crippen molar-refractivity contribution in [2.24, 2.45) is 11.8 Å². The molecule has 2 aliphatic rings. The number of carbonyl (C=O) groups excluding carboxylic acids is 2. The van der Waals surface area contributed by atoms with E-state index in [0.717, 1.165) is 36.8 Å². The molecular weight excluding hydrogens is 727 g/mol. The molecule has 2 aromatic carbocycles. The molecule has 2 heterocycles. The van der Waals surface area contributed by atoms with Gasteiger partial charge in [-0.15, -0.1) is 0 Å². The average Bonchev–Trinajstić information content (AvgIpc) is 3.23. The van der Waals surface area contributed by atoms with Gasteiger partial charge in [-0.05, 0) is 17.4 Å². The van der Waals surface area contributed by atoms with Crippen LogP contribution >= 0.6 is 0 Å². The lowest BCUT2D eigenvalue weighted by atomic mass is 9.93. The van der Waals surface area contributed by atoms with Crippen molar-refractivity contribution in [3.8, 4) is 0 Å². The van der Waals surface area contributed by atoms with Crippen molar-refractivity contribution in [1.82, 2.24) is 5.32 Å². The van der Waals surface area contributed by atoms with E-state index < -0.39 is 36.9 Å². The molecule has 2 aromatic rings. The molecule has 0 aromatic heterocycles. The summed E-state index contributed by atoms with van der Waals surface area (Å²) in [5, 5.41) is 3.25. The maximum Gasteiger partial charge on any atom is 0.306 e. The Hall–Kier alpha value is -2.78. The van der Waals surface area contributed by atoms with E-state index in [2.05, 4.69) is 33.0 Å². The van der Waals surface area contributed by atoms with E-state index in [0.29, 0.717) is 12.8 Å². The minimum Gasteiger partial charge on any atom is -0.457 e. The van der Waals surface area contributed by atoms with E-state index in [9.17, 15) is 9.59 Å². The number of nitrogens with one attached hydrogen (secondary N) is 1. The third-order valence-corrected chi connectivity index (χ3v) is 11.9. The lowest BCUT2D eigenvalue weighted by Gasteiger charge is -2.49. The molecule has 4 rings (SSSR count). The van der Waals surface area contributed by atoms with Crippen molar-refractivity contribution in [3.05, 3.63) is 71.8 Å². The SMILES string of the molecule is CCCCCCCCCCC[C@@H](C)CC(=O)NC1[C@@H](OCc2ccccc2)OC2COC(c3ccccc3)O[C@H]2[C@@H]1OC(=O)C[C@H](C)CCCCCCCCCCC. The lowest BCUT2D eigenvalue weighted by molar-refractivity contribution is -0.346. The van der Waals surface area contributed by atoms with Crippen LogP contribution in [0, 0.1) is 11.8 Å². The summed E-state index contributed by atoms with van der Waals surface area (Å²) in [5.74, 6) is 0.00564. The van der Waals surface area contributed by atoms with Gasteiger partial charge >= 0.3 is 5.97 Å². The zero-order valence-corrected chi connectivity index (χ0v) is 36.7. The lowest BCUT2D eigenvalue weighted by Crippen LogP contribution is -2.67. The van der Waals surface area contributed by atoms with Gasteiger partial charge in [-0.2, -0.15) is 0 Å². The quantitative estimate of drug-likeness (QED) is 0.0621. The van der Waals surface area contributed by atoms with E-state index in [1.165, 1.54) is 103 Å². The van der Waals surface area contributed by atoms with E-state index >= 15 is 0 Å². The van der Waals surface area contributed by atoms with Gasteiger partial charge in [0.05, 0.1) is 13.2 Å². The maximum absolute atomic E-state index is 13.9. The Morgan fingerprint density at radius 3 is 1.76 bits per heavy atom. The van der Waals surface area contributed by atoms with Gasteiger partial charge in [0.25, 0.3) is 0 Å². The van der Waals surface area contributed by atoms with Crippen LogP contribution in [0.15, 0.2) is 60.7 Å². The third-order valence-electron chi connectivity index (χ3n) is 11.9. The van der Waals surface area contributed by atoms with Crippen molar-refractivity contribution in [2.75, 3.05) is 6.61 Å². The molecule has 8 atom stereocenters. The number of benzene rings is 2. The Morgan fingerprint density at radius 1 is 0.672 bits per heavy atom. The molecular formula is C50H79NO7. The first kappa shape index (κ1) is 47.9. The Balaban J connectivity index is 1.41. The molecule has 2 aliphatic heterocycles. The smallest absolute Gasteiger partial charge is 0.306 e. The summed E-state index contributed by atoms with van der Waals surface area (Å²) >= 11 is 0. The van der Waals surface area contributed by atoms with Gasteiger partial charge in [0.2, 0.25) is 5.91 Å². The van der Waals surface area contributed by atoms with Crippen LogP contribution in [-0.2, 0) is 39.9 Å². The van der Waals surface area contributed by atoms with Crippen molar-refractivity contribution in [1.29, 1.82) is 0 Å². The van der Waals surface area contributed by atoms with Crippen LogP contribution in [0.4, 0.5) is 0 Å². The number of esters is 1. The Morgan fingerprint density at radius 2 is 1.19 bits per heavy atom. The summed E-state index contributed by atoms with van der Waals surface area (Å²) in [5.41, 5.74) is 1.85. The molecule has 326 valence electrons. The Labute approximate surface area is 352 Å². The summed E-state index contributed by atoms with van der Waals surface area (Å²) in [6.45, 7) is 9.31. The Bertz CT molecular complexity index is 1360. The van der Waals surface area contributed by atoms with Crippen LogP contribution in [0.3, 0.4) is 0 Å². The first-order valence-corrected chi connectivity index (χ1v) is 23.5. The van der Waals surface area contributed by atoms with Gasteiger partial charge in [0.1, 0.15) is 18.2 Å². The maximum atomic E-state index is 13.9. The van der Waals surface area contributed by atoms with Crippen LogP contribution in [0.25, 0.3) is 0 Å². The van der Waals surface area contributed by atoms with Crippen LogP contribution < -0.4 is 5.32 Å². The fourth-order valence-corrected chi connectivity index (χ4v) is 8.40. The zero-order valence-electron chi connectivity index (χ0n) is 36.7.